The average Bonchev–Trinajstić information content (AvgIpc) is 3.49. The molecule has 0 atom stereocenters. The average molecular weight is 502 g/mol. The summed E-state index contributed by atoms with van der Waals surface area (Å²) in [5.74, 6) is 1.09. The highest BCUT2D eigenvalue weighted by molar-refractivity contribution is 5.74. The second-order valence-electron chi connectivity index (χ2n) is 10.3. The first kappa shape index (κ1) is 24.8. The molecule has 0 unspecified atom stereocenters. The largest absolute Gasteiger partial charge is 0.460 e. The van der Waals surface area contributed by atoms with Gasteiger partial charge in [0, 0.05) is 37.0 Å². The Kier molecular flexibility index (Phi) is 6.88. The molecule has 1 fully saturated rings. The zero-order chi connectivity index (χ0) is 26.0. The van der Waals surface area contributed by atoms with E-state index in [2.05, 4.69) is 32.1 Å². The first-order valence-electron chi connectivity index (χ1n) is 12.6. The van der Waals surface area contributed by atoms with Crippen LogP contribution in [0.3, 0.4) is 0 Å². The smallest absolute Gasteiger partial charge is 0.312 e. The minimum atomic E-state index is -0.450. The van der Waals surface area contributed by atoms with Gasteiger partial charge in [-0.25, -0.2) is 0 Å². The van der Waals surface area contributed by atoms with E-state index >= 15 is 0 Å². The van der Waals surface area contributed by atoms with Crippen molar-refractivity contribution in [2.45, 2.75) is 52.7 Å². The fraction of sp³-hybridized carbons (Fsp3) is 0.393. The molecule has 5 rings (SSSR count). The molecule has 37 heavy (non-hydrogen) atoms. The summed E-state index contributed by atoms with van der Waals surface area (Å²) in [5, 5.41) is 8.42. The summed E-state index contributed by atoms with van der Waals surface area (Å²) in [6, 6.07) is 13.7. The number of likely N-dealkylation sites (tertiary alicyclic amines) is 1. The number of carbonyl (C=O) groups is 1. The van der Waals surface area contributed by atoms with E-state index in [9.17, 15) is 4.79 Å². The van der Waals surface area contributed by atoms with Crippen LogP contribution in [0.2, 0.25) is 0 Å². The summed E-state index contributed by atoms with van der Waals surface area (Å²) in [7, 11) is 0. The zero-order valence-corrected chi connectivity index (χ0v) is 21.6. The van der Waals surface area contributed by atoms with Crippen molar-refractivity contribution in [3.8, 4) is 34.4 Å². The molecule has 4 aromatic rings. The van der Waals surface area contributed by atoms with Gasteiger partial charge in [0.15, 0.2) is 0 Å². The summed E-state index contributed by atoms with van der Waals surface area (Å²) in [4.78, 5) is 23.4. The van der Waals surface area contributed by atoms with Crippen molar-refractivity contribution in [1.82, 2.24) is 25.2 Å². The highest BCUT2D eigenvalue weighted by Crippen LogP contribution is 2.33. The van der Waals surface area contributed by atoms with Crippen LogP contribution in [-0.4, -0.2) is 49.8 Å². The summed E-state index contributed by atoms with van der Waals surface area (Å²) in [6.45, 7) is 9.97. The van der Waals surface area contributed by atoms with Gasteiger partial charge in [0.05, 0.1) is 11.6 Å². The molecule has 1 aromatic carbocycles. The molecule has 0 aliphatic carbocycles. The molecule has 0 radical (unpaired) electrons. The minimum absolute atomic E-state index is 0.0527. The SMILES string of the molecule is CCCc1c(-c2ccccn2)noc1-c1nc(-c2ccc(CN3CC(C(=O)OC(C)(C)C)C3)cc2)no1. The van der Waals surface area contributed by atoms with Crippen LogP contribution >= 0.6 is 0 Å². The maximum absolute atomic E-state index is 12.2. The first-order valence-corrected chi connectivity index (χ1v) is 12.6. The van der Waals surface area contributed by atoms with Crippen LogP contribution in [-0.2, 0) is 22.5 Å². The third-order valence-electron chi connectivity index (χ3n) is 6.13. The quantitative estimate of drug-likeness (QED) is 0.302. The maximum atomic E-state index is 12.2. The lowest BCUT2D eigenvalue weighted by molar-refractivity contribution is -0.166. The molecule has 9 heteroatoms. The molecular weight excluding hydrogens is 470 g/mol. The van der Waals surface area contributed by atoms with Crippen LogP contribution in [0.4, 0.5) is 0 Å². The number of benzene rings is 1. The van der Waals surface area contributed by atoms with Crippen molar-refractivity contribution in [2.24, 2.45) is 5.92 Å². The van der Waals surface area contributed by atoms with E-state index < -0.39 is 5.60 Å². The van der Waals surface area contributed by atoms with E-state index in [-0.39, 0.29) is 11.9 Å². The van der Waals surface area contributed by atoms with Gasteiger partial charge < -0.3 is 13.8 Å². The molecular formula is C28H31N5O4. The highest BCUT2D eigenvalue weighted by Gasteiger charge is 2.35. The van der Waals surface area contributed by atoms with Crippen molar-refractivity contribution < 1.29 is 18.6 Å². The number of esters is 1. The second kappa shape index (κ2) is 10.3. The molecule has 3 aromatic heterocycles. The van der Waals surface area contributed by atoms with Gasteiger partial charge in [-0.15, -0.1) is 0 Å². The van der Waals surface area contributed by atoms with Crippen molar-refractivity contribution in [2.75, 3.05) is 13.1 Å². The Bertz CT molecular complexity index is 1350. The predicted octanol–water partition coefficient (Wildman–Crippen LogP) is 5.18. The fourth-order valence-electron chi connectivity index (χ4n) is 4.35. The molecule has 9 nitrogen and oxygen atoms in total. The Morgan fingerprint density at radius 3 is 2.54 bits per heavy atom. The number of ether oxygens (including phenoxy) is 1. The molecule has 0 saturated carbocycles. The molecule has 1 aliphatic rings. The van der Waals surface area contributed by atoms with E-state index in [0.717, 1.165) is 41.8 Å². The summed E-state index contributed by atoms with van der Waals surface area (Å²) >= 11 is 0. The van der Waals surface area contributed by atoms with Gasteiger partial charge in [0.2, 0.25) is 11.6 Å². The lowest BCUT2D eigenvalue weighted by atomic mass is 9.98. The molecule has 0 N–H and O–H groups in total. The van der Waals surface area contributed by atoms with E-state index in [1.54, 1.807) is 6.20 Å². The van der Waals surface area contributed by atoms with E-state index in [4.69, 9.17) is 13.8 Å². The maximum Gasteiger partial charge on any atom is 0.312 e. The monoisotopic (exact) mass is 501 g/mol. The Morgan fingerprint density at radius 2 is 1.86 bits per heavy atom. The van der Waals surface area contributed by atoms with Gasteiger partial charge in [-0.3, -0.25) is 14.7 Å². The van der Waals surface area contributed by atoms with Gasteiger partial charge in [-0.1, -0.05) is 54.0 Å². The number of hydrogen-bond donors (Lipinski definition) is 0. The number of nitrogens with zero attached hydrogens (tertiary/aromatic N) is 5. The normalized spacial score (nSPS) is 14.5. The molecule has 192 valence electrons. The van der Waals surface area contributed by atoms with Crippen molar-refractivity contribution in [1.29, 1.82) is 0 Å². The van der Waals surface area contributed by atoms with Gasteiger partial charge in [0.25, 0.3) is 5.89 Å². The topological polar surface area (TPSA) is 107 Å². The zero-order valence-electron chi connectivity index (χ0n) is 21.6. The summed E-state index contributed by atoms with van der Waals surface area (Å²) in [5.41, 5.74) is 3.89. The van der Waals surface area contributed by atoms with E-state index in [0.29, 0.717) is 36.3 Å². The molecule has 4 heterocycles. The summed E-state index contributed by atoms with van der Waals surface area (Å²) < 4.78 is 16.7. The van der Waals surface area contributed by atoms with Crippen LogP contribution < -0.4 is 0 Å². The number of carbonyl (C=O) groups excluding carboxylic acids is 1. The van der Waals surface area contributed by atoms with Crippen LogP contribution in [0.15, 0.2) is 57.7 Å². The number of pyridine rings is 1. The molecule has 0 amide bonds. The molecule has 1 saturated heterocycles. The Morgan fingerprint density at radius 1 is 1.08 bits per heavy atom. The molecule has 1 aliphatic heterocycles. The third-order valence-corrected chi connectivity index (χ3v) is 6.13. The highest BCUT2D eigenvalue weighted by atomic mass is 16.6. The predicted molar refractivity (Wildman–Crippen MR) is 137 cm³/mol. The summed E-state index contributed by atoms with van der Waals surface area (Å²) in [6.07, 6.45) is 3.39. The Labute approximate surface area is 215 Å². The van der Waals surface area contributed by atoms with Gasteiger partial charge in [0.1, 0.15) is 11.3 Å². The standard InChI is InChI=1S/C28H31N5O4/c1-5-8-21-23(22-9-6-7-14-29-22)31-36-24(21)26-30-25(32-37-26)19-12-10-18(11-13-19)15-33-16-20(17-33)27(34)35-28(2,3)4/h6-7,9-14,20H,5,8,15-17H2,1-4H3. The molecule has 0 spiro atoms. The Hall–Kier alpha value is -3.85. The van der Waals surface area contributed by atoms with E-state index in [1.807, 2.05) is 63.2 Å². The van der Waals surface area contributed by atoms with Crippen LogP contribution in [0.25, 0.3) is 34.4 Å². The fourth-order valence-corrected chi connectivity index (χ4v) is 4.35. The van der Waals surface area contributed by atoms with Crippen LogP contribution in [0, 0.1) is 5.92 Å². The Balaban J connectivity index is 1.25. The number of aromatic nitrogens is 4. The lowest BCUT2D eigenvalue weighted by Crippen LogP contribution is -2.51. The number of hydrogen-bond acceptors (Lipinski definition) is 9. The van der Waals surface area contributed by atoms with Gasteiger partial charge in [-0.05, 0) is 44.9 Å². The van der Waals surface area contributed by atoms with Crippen molar-refractivity contribution >= 4 is 5.97 Å². The van der Waals surface area contributed by atoms with Crippen LogP contribution in [0.5, 0.6) is 0 Å². The van der Waals surface area contributed by atoms with Crippen molar-refractivity contribution in [3.05, 3.63) is 59.8 Å². The van der Waals surface area contributed by atoms with Crippen molar-refractivity contribution in [3.63, 3.8) is 0 Å². The van der Waals surface area contributed by atoms with Gasteiger partial charge in [-0.2, -0.15) is 4.98 Å². The molecule has 0 bridgehead atoms. The third kappa shape index (κ3) is 5.61. The number of rotatable bonds is 8. The van der Waals surface area contributed by atoms with Gasteiger partial charge >= 0.3 is 5.97 Å². The first-order chi connectivity index (χ1) is 17.8. The lowest BCUT2D eigenvalue weighted by Gasteiger charge is -2.38. The van der Waals surface area contributed by atoms with E-state index in [1.165, 1.54) is 0 Å². The van der Waals surface area contributed by atoms with Crippen LogP contribution in [0.1, 0.15) is 45.2 Å². The minimum Gasteiger partial charge on any atom is -0.460 e. The second-order valence-corrected chi connectivity index (χ2v) is 10.3.